The van der Waals surface area contributed by atoms with E-state index in [0.717, 1.165) is 11.1 Å². The molecule has 2 rings (SSSR count). The van der Waals surface area contributed by atoms with E-state index in [1.807, 2.05) is 19.9 Å². The summed E-state index contributed by atoms with van der Waals surface area (Å²) in [5, 5.41) is 5.01. The molecule has 2 N–H and O–H groups in total. The summed E-state index contributed by atoms with van der Waals surface area (Å²) in [7, 11) is -3.11. The van der Waals surface area contributed by atoms with E-state index in [-0.39, 0.29) is 18.1 Å². The molecule has 1 aliphatic heterocycles. The van der Waals surface area contributed by atoms with E-state index in [4.69, 9.17) is 4.74 Å². The number of nitrogens with one attached hydrogen (secondary N) is 2. The smallest absolute Gasteiger partial charge is 0.326 e. The third kappa shape index (κ3) is 6.06. The summed E-state index contributed by atoms with van der Waals surface area (Å²) in [5.41, 5.74) is 2.45. The van der Waals surface area contributed by atoms with Gasteiger partial charge < -0.3 is 15.4 Å². The summed E-state index contributed by atoms with van der Waals surface area (Å²) >= 11 is 0. The van der Waals surface area contributed by atoms with E-state index in [0.29, 0.717) is 12.0 Å². The van der Waals surface area contributed by atoms with E-state index in [2.05, 4.69) is 10.6 Å². The first-order valence-electron chi connectivity index (χ1n) is 8.63. The van der Waals surface area contributed by atoms with Gasteiger partial charge in [-0.2, -0.15) is 0 Å². The van der Waals surface area contributed by atoms with Crippen molar-refractivity contribution in [3.05, 3.63) is 34.9 Å². The predicted octanol–water partition coefficient (Wildman–Crippen LogP) is 0.268. The Labute approximate surface area is 158 Å². The molecule has 148 valence electrons. The first-order valence-corrected chi connectivity index (χ1v) is 10.5. The molecule has 1 aliphatic rings. The molecular formula is C18H24N2O6S. The van der Waals surface area contributed by atoms with E-state index in [1.165, 1.54) is 6.92 Å². The van der Waals surface area contributed by atoms with Crippen LogP contribution in [0.15, 0.2) is 18.2 Å². The number of esters is 1. The van der Waals surface area contributed by atoms with Crippen LogP contribution in [0.3, 0.4) is 0 Å². The fraction of sp³-hybridized carbons (Fsp3) is 0.500. The highest BCUT2D eigenvalue weighted by Crippen LogP contribution is 2.12. The first kappa shape index (κ1) is 20.9. The zero-order chi connectivity index (χ0) is 20.2. The third-order valence-corrected chi connectivity index (χ3v) is 6.19. The predicted molar refractivity (Wildman–Crippen MR) is 99.0 cm³/mol. The van der Waals surface area contributed by atoms with Gasteiger partial charge in [-0.25, -0.2) is 8.42 Å². The van der Waals surface area contributed by atoms with Gasteiger partial charge in [-0.05, 0) is 50.5 Å². The monoisotopic (exact) mass is 396 g/mol. The number of amides is 2. The zero-order valence-electron chi connectivity index (χ0n) is 15.6. The minimum absolute atomic E-state index is 0.0383. The molecule has 1 fully saturated rings. The summed E-state index contributed by atoms with van der Waals surface area (Å²) in [4.78, 5) is 35.9. The van der Waals surface area contributed by atoms with Crippen LogP contribution >= 0.6 is 0 Å². The van der Waals surface area contributed by atoms with Crippen molar-refractivity contribution in [3.63, 3.8) is 0 Å². The number of carbonyl (C=O) groups is 3. The van der Waals surface area contributed by atoms with Crippen LogP contribution in [-0.2, 0) is 24.2 Å². The van der Waals surface area contributed by atoms with Crippen LogP contribution < -0.4 is 10.6 Å². The van der Waals surface area contributed by atoms with Gasteiger partial charge in [0.2, 0.25) is 0 Å². The van der Waals surface area contributed by atoms with Gasteiger partial charge in [-0.3, -0.25) is 14.4 Å². The molecule has 9 heteroatoms. The molecular weight excluding hydrogens is 372 g/mol. The maximum Gasteiger partial charge on any atom is 0.326 e. The maximum atomic E-state index is 12.1. The summed E-state index contributed by atoms with van der Waals surface area (Å²) < 4.78 is 27.8. The van der Waals surface area contributed by atoms with Crippen LogP contribution in [0.4, 0.5) is 0 Å². The summed E-state index contributed by atoms with van der Waals surface area (Å²) in [6.45, 7) is 4.83. The van der Waals surface area contributed by atoms with Crippen molar-refractivity contribution in [1.29, 1.82) is 0 Å². The fourth-order valence-electron chi connectivity index (χ4n) is 2.66. The molecule has 8 nitrogen and oxygen atoms in total. The molecule has 0 spiro atoms. The van der Waals surface area contributed by atoms with Crippen molar-refractivity contribution in [1.82, 2.24) is 10.6 Å². The number of sulfone groups is 1. The van der Waals surface area contributed by atoms with Gasteiger partial charge in [-0.15, -0.1) is 0 Å². The number of ether oxygens (including phenoxy) is 1. The first-order chi connectivity index (χ1) is 12.6. The van der Waals surface area contributed by atoms with Crippen LogP contribution in [0.5, 0.6) is 0 Å². The van der Waals surface area contributed by atoms with Crippen LogP contribution in [0.2, 0.25) is 0 Å². The van der Waals surface area contributed by atoms with Crippen molar-refractivity contribution >= 4 is 27.6 Å². The third-order valence-electron chi connectivity index (χ3n) is 4.42. The highest BCUT2D eigenvalue weighted by atomic mass is 32.2. The van der Waals surface area contributed by atoms with E-state index >= 15 is 0 Å². The minimum Gasteiger partial charge on any atom is -0.451 e. The molecule has 1 saturated heterocycles. The zero-order valence-corrected chi connectivity index (χ0v) is 16.4. The van der Waals surface area contributed by atoms with Gasteiger partial charge in [-0.1, -0.05) is 6.07 Å². The number of carbonyl (C=O) groups excluding carboxylic acids is 3. The lowest BCUT2D eigenvalue weighted by molar-refractivity contribution is -0.154. The molecule has 2 amide bonds. The number of hydrogen-bond donors (Lipinski definition) is 2. The second-order valence-corrected chi connectivity index (χ2v) is 8.95. The van der Waals surface area contributed by atoms with Gasteiger partial charge >= 0.3 is 5.97 Å². The lowest BCUT2D eigenvalue weighted by Crippen LogP contribution is -2.43. The molecule has 27 heavy (non-hydrogen) atoms. The van der Waals surface area contributed by atoms with Crippen molar-refractivity contribution in [2.24, 2.45) is 0 Å². The highest BCUT2D eigenvalue weighted by Gasteiger charge is 2.30. The van der Waals surface area contributed by atoms with Gasteiger partial charge in [0.25, 0.3) is 11.8 Å². The van der Waals surface area contributed by atoms with E-state index in [1.54, 1.807) is 12.1 Å². The Balaban J connectivity index is 1.78. The maximum absolute atomic E-state index is 12.1. The second kappa shape index (κ2) is 8.51. The average Bonchev–Trinajstić information content (AvgIpc) is 2.93. The highest BCUT2D eigenvalue weighted by molar-refractivity contribution is 7.91. The number of aryl methyl sites for hydroxylation is 2. The molecule has 0 unspecified atom stereocenters. The van der Waals surface area contributed by atoms with Crippen LogP contribution in [0.25, 0.3) is 0 Å². The number of benzene rings is 1. The SMILES string of the molecule is Cc1ccc(C(=O)NCC(=O)O[C@H](C)C(=O)N[C@@H]2CCS(=O)(=O)C2)cc1C. The van der Waals surface area contributed by atoms with Crippen molar-refractivity contribution in [2.75, 3.05) is 18.1 Å². The Bertz CT molecular complexity index is 849. The van der Waals surface area contributed by atoms with Gasteiger partial charge in [0.15, 0.2) is 15.9 Å². The molecule has 0 aromatic heterocycles. The Hall–Kier alpha value is -2.42. The quantitative estimate of drug-likeness (QED) is 0.666. The number of hydrogen-bond acceptors (Lipinski definition) is 6. The molecule has 2 atom stereocenters. The Kier molecular flexibility index (Phi) is 6.59. The lowest BCUT2D eigenvalue weighted by atomic mass is 10.1. The summed E-state index contributed by atoms with van der Waals surface area (Å²) in [6, 6.07) is 4.74. The summed E-state index contributed by atoms with van der Waals surface area (Å²) in [6.07, 6.45) is -0.736. The van der Waals surface area contributed by atoms with Crippen LogP contribution in [0, 0.1) is 13.8 Å². The van der Waals surface area contributed by atoms with Crippen LogP contribution in [0.1, 0.15) is 34.8 Å². The van der Waals surface area contributed by atoms with Gasteiger partial charge in [0.1, 0.15) is 6.54 Å². The molecule has 0 bridgehead atoms. The number of rotatable bonds is 6. The molecule has 1 aromatic rings. The molecule has 1 heterocycles. The van der Waals surface area contributed by atoms with Crippen molar-refractivity contribution in [2.45, 2.75) is 39.3 Å². The molecule has 1 aromatic carbocycles. The van der Waals surface area contributed by atoms with Gasteiger partial charge in [0, 0.05) is 11.6 Å². The standard InChI is InChI=1S/C18H24N2O6S/c1-11-4-5-14(8-12(11)2)18(23)19-9-16(21)26-13(3)17(22)20-15-6-7-27(24,25)10-15/h4-5,8,13,15H,6-7,9-10H2,1-3H3,(H,19,23)(H,20,22)/t13-,15-/m1/s1. The van der Waals surface area contributed by atoms with Gasteiger partial charge in [0.05, 0.1) is 11.5 Å². The van der Waals surface area contributed by atoms with E-state index < -0.39 is 39.8 Å². The van der Waals surface area contributed by atoms with Crippen molar-refractivity contribution < 1.29 is 27.5 Å². The molecule has 0 radical (unpaired) electrons. The largest absolute Gasteiger partial charge is 0.451 e. The molecule has 0 saturated carbocycles. The second-order valence-electron chi connectivity index (χ2n) is 6.72. The Morgan fingerprint density at radius 1 is 1.22 bits per heavy atom. The van der Waals surface area contributed by atoms with Crippen LogP contribution in [-0.4, -0.2) is 56.4 Å². The normalized spacial score (nSPS) is 19.1. The van der Waals surface area contributed by atoms with E-state index in [9.17, 15) is 22.8 Å². The fourth-order valence-corrected chi connectivity index (χ4v) is 4.33. The Morgan fingerprint density at radius 3 is 2.52 bits per heavy atom. The average molecular weight is 396 g/mol. The van der Waals surface area contributed by atoms with Crippen molar-refractivity contribution in [3.8, 4) is 0 Å². The Morgan fingerprint density at radius 2 is 1.93 bits per heavy atom. The molecule has 0 aliphatic carbocycles. The minimum atomic E-state index is -3.11. The summed E-state index contributed by atoms with van der Waals surface area (Å²) in [5.74, 6) is -1.80. The lowest BCUT2D eigenvalue weighted by Gasteiger charge is -2.16. The topological polar surface area (TPSA) is 119 Å².